The van der Waals surface area contributed by atoms with Gasteiger partial charge in [0, 0.05) is 44.2 Å². The second-order valence-electron chi connectivity index (χ2n) is 9.63. The summed E-state index contributed by atoms with van der Waals surface area (Å²) in [5.74, 6) is 1.73. The lowest BCUT2D eigenvalue weighted by molar-refractivity contribution is -0.140. The molecule has 2 N–H and O–H groups in total. The molecule has 0 spiro atoms. The first-order chi connectivity index (χ1) is 13.5. The van der Waals surface area contributed by atoms with Crippen LogP contribution in [0.4, 0.5) is 0 Å². The Labute approximate surface area is 194 Å². The van der Waals surface area contributed by atoms with E-state index in [2.05, 4.69) is 54.1 Å². The van der Waals surface area contributed by atoms with Gasteiger partial charge >= 0.3 is 0 Å². The van der Waals surface area contributed by atoms with Gasteiger partial charge in [-0.05, 0) is 62.8 Å². The highest BCUT2D eigenvalue weighted by Gasteiger charge is 2.42. The van der Waals surface area contributed by atoms with Gasteiger partial charge in [-0.1, -0.05) is 36.8 Å². The van der Waals surface area contributed by atoms with Gasteiger partial charge in [-0.25, -0.2) is 0 Å². The number of hydrogen-bond donors (Lipinski definition) is 1. The Kier molecular flexibility index (Phi) is 9.48. The number of hydrogen-bond acceptors (Lipinski definition) is 3. The lowest BCUT2D eigenvalue weighted by Gasteiger charge is -2.46. The van der Waals surface area contributed by atoms with Crippen LogP contribution in [0.15, 0.2) is 30.3 Å². The molecule has 1 aromatic rings. The second-order valence-corrected chi connectivity index (χ2v) is 9.63. The van der Waals surface area contributed by atoms with E-state index in [1.54, 1.807) is 0 Å². The number of amides is 1. The molecule has 0 radical (unpaired) electrons. The van der Waals surface area contributed by atoms with Gasteiger partial charge < -0.3 is 10.6 Å². The average molecular weight is 457 g/mol. The first kappa shape index (κ1) is 25.5. The molecule has 4 unspecified atom stereocenters. The molecule has 1 aliphatic heterocycles. The zero-order valence-corrected chi connectivity index (χ0v) is 20.0. The van der Waals surface area contributed by atoms with Crippen molar-refractivity contribution in [2.75, 3.05) is 13.6 Å². The van der Waals surface area contributed by atoms with Crippen LogP contribution in [0.2, 0.25) is 0 Å². The highest BCUT2D eigenvalue weighted by molar-refractivity contribution is 5.85. The summed E-state index contributed by atoms with van der Waals surface area (Å²) in [4.78, 5) is 18.0. The molecule has 4 nitrogen and oxygen atoms in total. The van der Waals surface area contributed by atoms with E-state index in [4.69, 9.17) is 5.73 Å². The molecular weight excluding hydrogens is 417 g/mol. The van der Waals surface area contributed by atoms with Crippen molar-refractivity contribution in [1.82, 2.24) is 9.80 Å². The van der Waals surface area contributed by atoms with E-state index >= 15 is 0 Å². The average Bonchev–Trinajstić information content (AvgIpc) is 2.69. The zero-order valence-electron chi connectivity index (χ0n) is 18.4. The predicted octanol–water partition coefficient (Wildman–Crippen LogP) is 4.50. The topological polar surface area (TPSA) is 49.6 Å². The summed E-state index contributed by atoms with van der Waals surface area (Å²) in [6.45, 7) is 4.40. The minimum atomic E-state index is 0. The van der Waals surface area contributed by atoms with Gasteiger partial charge in [0.25, 0.3) is 0 Å². The Hall–Kier alpha value is -0.810. The number of carbonyl (C=O) groups excluding carboxylic acids is 1. The maximum Gasteiger partial charge on any atom is 0.225 e. The lowest BCUT2D eigenvalue weighted by atomic mass is 9.65. The van der Waals surface area contributed by atoms with Crippen molar-refractivity contribution >= 4 is 30.7 Å². The molecule has 1 heterocycles. The number of fused-ring (bicyclic) bond motifs is 2. The summed E-state index contributed by atoms with van der Waals surface area (Å²) in [6.07, 6.45) is 7.94. The highest BCUT2D eigenvalue weighted by Crippen LogP contribution is 2.42. The van der Waals surface area contributed by atoms with Crippen LogP contribution in [0.25, 0.3) is 0 Å². The van der Waals surface area contributed by atoms with Crippen LogP contribution in [-0.2, 0) is 11.3 Å². The maximum absolute atomic E-state index is 13.3. The van der Waals surface area contributed by atoms with E-state index < -0.39 is 0 Å². The monoisotopic (exact) mass is 455 g/mol. The van der Waals surface area contributed by atoms with Gasteiger partial charge in [0.2, 0.25) is 5.91 Å². The van der Waals surface area contributed by atoms with E-state index in [1.165, 1.54) is 24.8 Å². The summed E-state index contributed by atoms with van der Waals surface area (Å²) in [7, 11) is 2.05. The molecule has 1 aromatic carbocycles. The standard InChI is InChI=1S/C24H37N3O.2ClH/c1-17-13-22(11-12-27(17)16-18-7-4-3-5-8-18)26(2)24(28)21-14-19-9-6-10-20(15-21)23(19)25;;/h3-5,7-8,17,19-23H,6,9-16,25H2,1-2H3;2*1H. The summed E-state index contributed by atoms with van der Waals surface area (Å²) < 4.78 is 0. The van der Waals surface area contributed by atoms with Crippen LogP contribution in [0.3, 0.4) is 0 Å². The van der Waals surface area contributed by atoms with Crippen LogP contribution in [0.5, 0.6) is 0 Å². The van der Waals surface area contributed by atoms with Crippen molar-refractivity contribution in [2.45, 2.75) is 76.5 Å². The Balaban J connectivity index is 0.00000160. The van der Waals surface area contributed by atoms with Crippen molar-refractivity contribution in [3.05, 3.63) is 35.9 Å². The van der Waals surface area contributed by atoms with Gasteiger partial charge in [-0.15, -0.1) is 24.8 Å². The van der Waals surface area contributed by atoms with Crippen LogP contribution < -0.4 is 5.73 Å². The van der Waals surface area contributed by atoms with Crippen LogP contribution in [0, 0.1) is 17.8 Å². The summed E-state index contributed by atoms with van der Waals surface area (Å²) in [6, 6.07) is 11.9. The number of nitrogens with two attached hydrogens (primary N) is 1. The molecule has 2 saturated carbocycles. The third-order valence-electron chi connectivity index (χ3n) is 7.87. The van der Waals surface area contributed by atoms with E-state index in [-0.39, 0.29) is 30.7 Å². The van der Waals surface area contributed by atoms with E-state index in [9.17, 15) is 4.79 Å². The summed E-state index contributed by atoms with van der Waals surface area (Å²) >= 11 is 0. The number of nitrogens with zero attached hydrogens (tertiary/aromatic N) is 2. The molecule has 2 bridgehead atoms. The van der Waals surface area contributed by atoms with Gasteiger partial charge in [0.1, 0.15) is 0 Å². The Morgan fingerprint density at radius 2 is 1.70 bits per heavy atom. The number of likely N-dealkylation sites (tertiary alicyclic amines) is 1. The normalized spacial score (nSPS) is 33.7. The van der Waals surface area contributed by atoms with E-state index in [0.717, 1.165) is 38.8 Å². The molecule has 3 aliphatic rings. The molecular formula is C24H39Cl2N3O. The van der Waals surface area contributed by atoms with Crippen molar-refractivity contribution in [3.8, 4) is 0 Å². The maximum atomic E-state index is 13.3. The molecule has 4 atom stereocenters. The number of rotatable bonds is 4. The quantitative estimate of drug-likeness (QED) is 0.726. The van der Waals surface area contributed by atoms with Crippen LogP contribution in [-0.4, -0.2) is 47.4 Å². The number of benzene rings is 1. The van der Waals surface area contributed by atoms with Gasteiger partial charge in [-0.2, -0.15) is 0 Å². The molecule has 1 saturated heterocycles. The molecule has 6 heteroatoms. The van der Waals surface area contributed by atoms with E-state index in [1.807, 2.05) is 0 Å². The second kappa shape index (κ2) is 11.2. The molecule has 170 valence electrons. The van der Waals surface area contributed by atoms with Gasteiger partial charge in [-0.3, -0.25) is 9.69 Å². The molecule has 30 heavy (non-hydrogen) atoms. The SMILES string of the molecule is CC1CC(N(C)C(=O)C2CC3CCCC(C2)C3N)CCN1Cc1ccccc1.Cl.Cl. The fraction of sp³-hybridized carbons (Fsp3) is 0.708. The van der Waals surface area contributed by atoms with Crippen molar-refractivity contribution < 1.29 is 4.79 Å². The molecule has 1 amide bonds. The van der Waals surface area contributed by atoms with Crippen LogP contribution in [0.1, 0.15) is 57.4 Å². The first-order valence-corrected chi connectivity index (χ1v) is 11.3. The van der Waals surface area contributed by atoms with Gasteiger partial charge in [0.15, 0.2) is 0 Å². The summed E-state index contributed by atoms with van der Waals surface area (Å²) in [5, 5.41) is 0. The van der Waals surface area contributed by atoms with Crippen LogP contribution >= 0.6 is 24.8 Å². The molecule has 4 rings (SSSR count). The highest BCUT2D eigenvalue weighted by atomic mass is 35.5. The van der Waals surface area contributed by atoms with Crippen molar-refractivity contribution in [3.63, 3.8) is 0 Å². The number of carbonyl (C=O) groups is 1. The first-order valence-electron chi connectivity index (χ1n) is 11.3. The lowest BCUT2D eigenvalue weighted by Crippen LogP contribution is -2.53. The van der Waals surface area contributed by atoms with Gasteiger partial charge in [0.05, 0.1) is 0 Å². The molecule has 0 aromatic heterocycles. The Morgan fingerprint density at radius 3 is 2.30 bits per heavy atom. The number of piperidine rings is 1. The molecule has 3 fully saturated rings. The largest absolute Gasteiger partial charge is 0.342 e. The molecule has 2 aliphatic carbocycles. The third kappa shape index (κ3) is 5.51. The Bertz CT molecular complexity index is 660. The smallest absolute Gasteiger partial charge is 0.225 e. The predicted molar refractivity (Wildman–Crippen MR) is 128 cm³/mol. The zero-order chi connectivity index (χ0) is 19.7. The van der Waals surface area contributed by atoms with Crippen molar-refractivity contribution in [1.29, 1.82) is 0 Å². The van der Waals surface area contributed by atoms with Crippen molar-refractivity contribution in [2.24, 2.45) is 23.5 Å². The fourth-order valence-corrected chi connectivity index (χ4v) is 6.06. The summed E-state index contributed by atoms with van der Waals surface area (Å²) in [5.41, 5.74) is 7.81. The Morgan fingerprint density at radius 1 is 1.07 bits per heavy atom. The minimum Gasteiger partial charge on any atom is -0.342 e. The minimum absolute atomic E-state index is 0. The van der Waals surface area contributed by atoms with E-state index in [0.29, 0.717) is 35.9 Å². The third-order valence-corrected chi connectivity index (χ3v) is 7.87. The fourth-order valence-electron chi connectivity index (χ4n) is 6.06. The number of halogens is 2.